The molecule has 2 rings (SSSR count). The number of likely N-dealkylation sites (N-methyl/N-ethyl adjacent to an activating group) is 1. The first-order chi connectivity index (χ1) is 8.68. The Labute approximate surface area is 110 Å². The van der Waals surface area contributed by atoms with Crippen LogP contribution in [0.1, 0.15) is 15.2 Å². The predicted octanol–water partition coefficient (Wildman–Crippen LogP) is 2.04. The number of hydrogen-bond donors (Lipinski definition) is 1. The lowest BCUT2D eigenvalue weighted by atomic mass is 10.2. The molecule has 0 aliphatic carbocycles. The number of hydrogen-bond acceptors (Lipinski definition) is 4. The van der Waals surface area contributed by atoms with Gasteiger partial charge in [0.2, 0.25) is 0 Å². The highest BCUT2D eigenvalue weighted by atomic mass is 32.1. The maximum atomic E-state index is 12.1. The molecule has 2 N–H and O–H groups in total. The maximum Gasteiger partial charge on any atom is 0.257 e. The molecule has 2 aromatic heterocycles. The fourth-order valence-electron chi connectivity index (χ4n) is 1.62. The zero-order valence-corrected chi connectivity index (χ0v) is 11.0. The Hall–Kier alpha value is -1.88. The highest BCUT2D eigenvalue weighted by Crippen LogP contribution is 2.13. The van der Waals surface area contributed by atoms with Crippen LogP contribution in [-0.2, 0) is 6.42 Å². The molecule has 0 aromatic carbocycles. The molecule has 0 bridgehead atoms. The number of rotatable bonds is 4. The summed E-state index contributed by atoms with van der Waals surface area (Å²) in [6, 6.07) is 5.72. The first-order valence-electron chi connectivity index (χ1n) is 5.66. The zero-order valence-electron chi connectivity index (χ0n) is 10.2. The zero-order chi connectivity index (χ0) is 13.0. The minimum Gasteiger partial charge on any atom is -0.398 e. The Balaban J connectivity index is 1.99. The molecule has 4 nitrogen and oxygen atoms in total. The average Bonchev–Trinajstić information content (AvgIpc) is 2.89. The quantitative estimate of drug-likeness (QED) is 0.916. The number of nitrogens with zero attached hydrogens (tertiary/aromatic N) is 2. The second-order valence-corrected chi connectivity index (χ2v) is 5.05. The van der Waals surface area contributed by atoms with Crippen molar-refractivity contribution in [1.82, 2.24) is 9.88 Å². The molecule has 0 fully saturated rings. The molecule has 1 amide bonds. The molecule has 94 valence electrons. The standard InChI is InChI=1S/C13H15N3OS/c1-16(7-5-10-3-2-8-18-10)13(17)11-9-15-6-4-12(11)14/h2-4,6,8-9H,5,7H2,1H3,(H2,14,15). The molecule has 2 heterocycles. The summed E-state index contributed by atoms with van der Waals surface area (Å²) in [6.07, 6.45) is 3.96. The Morgan fingerprint density at radius 1 is 1.50 bits per heavy atom. The molecule has 0 saturated heterocycles. The summed E-state index contributed by atoms with van der Waals surface area (Å²) in [6.45, 7) is 0.674. The van der Waals surface area contributed by atoms with Crippen LogP contribution in [0.3, 0.4) is 0 Å². The number of anilines is 1. The topological polar surface area (TPSA) is 59.2 Å². The Morgan fingerprint density at radius 3 is 3.00 bits per heavy atom. The van der Waals surface area contributed by atoms with Crippen molar-refractivity contribution in [2.75, 3.05) is 19.3 Å². The number of amides is 1. The van der Waals surface area contributed by atoms with Gasteiger partial charge in [0.25, 0.3) is 5.91 Å². The molecule has 0 radical (unpaired) electrons. The van der Waals surface area contributed by atoms with Crippen LogP contribution < -0.4 is 5.73 Å². The molecular weight excluding hydrogens is 246 g/mol. The summed E-state index contributed by atoms with van der Waals surface area (Å²) >= 11 is 1.70. The van der Waals surface area contributed by atoms with Gasteiger partial charge in [0.05, 0.1) is 5.56 Å². The van der Waals surface area contributed by atoms with Crippen LogP contribution in [0.4, 0.5) is 5.69 Å². The summed E-state index contributed by atoms with van der Waals surface area (Å²) in [7, 11) is 1.78. The molecule has 18 heavy (non-hydrogen) atoms. The SMILES string of the molecule is CN(CCc1cccs1)C(=O)c1cnccc1N. The lowest BCUT2D eigenvalue weighted by molar-refractivity contribution is 0.0797. The van der Waals surface area contributed by atoms with Crippen LogP contribution in [0.25, 0.3) is 0 Å². The van der Waals surface area contributed by atoms with Gasteiger partial charge in [-0.25, -0.2) is 0 Å². The molecule has 0 atom stereocenters. The third-order valence-electron chi connectivity index (χ3n) is 2.71. The summed E-state index contributed by atoms with van der Waals surface area (Å²) in [5.41, 5.74) is 6.70. The fourth-order valence-corrected chi connectivity index (χ4v) is 2.32. The monoisotopic (exact) mass is 261 g/mol. The largest absolute Gasteiger partial charge is 0.398 e. The number of aromatic nitrogens is 1. The Morgan fingerprint density at radius 2 is 2.33 bits per heavy atom. The van der Waals surface area contributed by atoms with Gasteiger partial charge in [-0.3, -0.25) is 9.78 Å². The van der Waals surface area contributed by atoms with Crippen molar-refractivity contribution in [2.45, 2.75) is 6.42 Å². The van der Waals surface area contributed by atoms with E-state index < -0.39 is 0 Å². The number of carbonyl (C=O) groups excluding carboxylic acids is 1. The van der Waals surface area contributed by atoms with Crippen LogP contribution >= 0.6 is 11.3 Å². The maximum absolute atomic E-state index is 12.1. The van der Waals surface area contributed by atoms with Gasteiger partial charge in [-0.1, -0.05) is 6.07 Å². The third-order valence-corrected chi connectivity index (χ3v) is 3.64. The highest BCUT2D eigenvalue weighted by Gasteiger charge is 2.14. The highest BCUT2D eigenvalue weighted by molar-refractivity contribution is 7.09. The smallest absolute Gasteiger partial charge is 0.257 e. The molecule has 0 spiro atoms. The molecule has 0 aliphatic rings. The van der Waals surface area contributed by atoms with E-state index in [1.807, 2.05) is 11.4 Å². The second kappa shape index (κ2) is 5.64. The van der Waals surface area contributed by atoms with Crippen molar-refractivity contribution in [3.63, 3.8) is 0 Å². The van der Waals surface area contributed by atoms with Gasteiger partial charge < -0.3 is 10.6 Å². The van der Waals surface area contributed by atoms with E-state index in [1.54, 1.807) is 35.5 Å². The fraction of sp³-hybridized carbons (Fsp3) is 0.231. The molecule has 2 aromatic rings. The lowest BCUT2D eigenvalue weighted by Crippen LogP contribution is -2.29. The van der Waals surface area contributed by atoms with Crippen molar-refractivity contribution >= 4 is 22.9 Å². The van der Waals surface area contributed by atoms with Crippen molar-refractivity contribution in [2.24, 2.45) is 0 Å². The van der Waals surface area contributed by atoms with Gasteiger partial charge in [0, 0.05) is 36.6 Å². The Kier molecular flexibility index (Phi) is 3.94. The van der Waals surface area contributed by atoms with E-state index in [2.05, 4.69) is 11.1 Å². The third kappa shape index (κ3) is 2.87. The first kappa shape index (κ1) is 12.6. The van der Waals surface area contributed by atoms with Gasteiger partial charge in [0.1, 0.15) is 0 Å². The Bertz CT molecular complexity index is 525. The van der Waals surface area contributed by atoms with E-state index in [0.29, 0.717) is 17.8 Å². The van der Waals surface area contributed by atoms with Crippen molar-refractivity contribution < 1.29 is 4.79 Å². The van der Waals surface area contributed by atoms with Crippen LogP contribution in [-0.4, -0.2) is 29.4 Å². The van der Waals surface area contributed by atoms with E-state index >= 15 is 0 Å². The predicted molar refractivity (Wildman–Crippen MR) is 73.6 cm³/mol. The van der Waals surface area contributed by atoms with E-state index in [1.165, 1.54) is 11.1 Å². The van der Waals surface area contributed by atoms with Gasteiger partial charge in [0.15, 0.2) is 0 Å². The summed E-state index contributed by atoms with van der Waals surface area (Å²) in [5, 5.41) is 2.04. The molecular formula is C13H15N3OS. The lowest BCUT2D eigenvalue weighted by Gasteiger charge is -2.17. The van der Waals surface area contributed by atoms with Crippen molar-refractivity contribution in [1.29, 1.82) is 0 Å². The minimum atomic E-state index is -0.0860. The van der Waals surface area contributed by atoms with E-state index in [0.717, 1.165) is 6.42 Å². The summed E-state index contributed by atoms with van der Waals surface area (Å²) in [4.78, 5) is 19.0. The van der Waals surface area contributed by atoms with Gasteiger partial charge in [-0.2, -0.15) is 0 Å². The number of nitrogens with two attached hydrogens (primary N) is 1. The number of nitrogen functional groups attached to an aromatic ring is 1. The normalized spacial score (nSPS) is 10.3. The summed E-state index contributed by atoms with van der Waals surface area (Å²) < 4.78 is 0. The van der Waals surface area contributed by atoms with Gasteiger partial charge in [-0.05, 0) is 23.9 Å². The second-order valence-electron chi connectivity index (χ2n) is 4.02. The minimum absolute atomic E-state index is 0.0860. The summed E-state index contributed by atoms with van der Waals surface area (Å²) in [5.74, 6) is -0.0860. The van der Waals surface area contributed by atoms with E-state index in [4.69, 9.17) is 5.73 Å². The van der Waals surface area contributed by atoms with Crippen LogP contribution in [0.15, 0.2) is 36.0 Å². The molecule has 0 unspecified atom stereocenters. The van der Waals surface area contributed by atoms with Crippen molar-refractivity contribution in [3.05, 3.63) is 46.4 Å². The first-order valence-corrected chi connectivity index (χ1v) is 6.54. The van der Waals surface area contributed by atoms with Crippen molar-refractivity contribution in [3.8, 4) is 0 Å². The number of pyridine rings is 1. The van der Waals surface area contributed by atoms with Crippen LogP contribution in [0.5, 0.6) is 0 Å². The van der Waals surface area contributed by atoms with Crippen LogP contribution in [0, 0.1) is 0 Å². The average molecular weight is 261 g/mol. The van der Waals surface area contributed by atoms with E-state index in [9.17, 15) is 4.79 Å². The molecule has 0 saturated carbocycles. The molecule has 0 aliphatic heterocycles. The van der Waals surface area contributed by atoms with Crippen LogP contribution in [0.2, 0.25) is 0 Å². The van der Waals surface area contributed by atoms with Gasteiger partial charge in [-0.15, -0.1) is 11.3 Å². The number of thiophene rings is 1. The molecule has 5 heteroatoms. The number of carbonyl (C=O) groups is 1. The van der Waals surface area contributed by atoms with Gasteiger partial charge >= 0.3 is 0 Å². The van der Waals surface area contributed by atoms with E-state index in [-0.39, 0.29) is 5.91 Å².